The van der Waals surface area contributed by atoms with Crippen molar-refractivity contribution < 1.29 is 9.47 Å². The van der Waals surface area contributed by atoms with Crippen LogP contribution in [0, 0.1) is 13.8 Å². The highest BCUT2D eigenvalue weighted by Gasteiger charge is 2.03. The van der Waals surface area contributed by atoms with Crippen molar-refractivity contribution in [3.63, 3.8) is 0 Å². The van der Waals surface area contributed by atoms with E-state index in [0.717, 1.165) is 20.4 Å². The topological polar surface area (TPSA) is 18.5 Å². The summed E-state index contributed by atoms with van der Waals surface area (Å²) in [6, 6.07) is 12.0. The van der Waals surface area contributed by atoms with Crippen molar-refractivity contribution in [3.05, 3.63) is 56.5 Å². The molecule has 106 valence electrons. The molecule has 0 saturated carbocycles. The third-order valence-electron chi connectivity index (χ3n) is 2.77. The number of hydrogen-bond donors (Lipinski definition) is 0. The fourth-order valence-electron chi connectivity index (χ4n) is 1.75. The second-order valence-corrected chi connectivity index (χ2v) is 6.27. The molecule has 0 aromatic heterocycles. The molecule has 0 unspecified atom stereocenters. The van der Waals surface area contributed by atoms with Gasteiger partial charge in [0.2, 0.25) is 0 Å². The first-order valence-electron chi connectivity index (χ1n) is 6.34. The minimum atomic E-state index is 0.502. The van der Waals surface area contributed by atoms with Crippen LogP contribution >= 0.6 is 31.9 Å². The monoisotopic (exact) mass is 398 g/mol. The van der Waals surface area contributed by atoms with Gasteiger partial charge < -0.3 is 9.47 Å². The number of hydrogen-bond acceptors (Lipinski definition) is 2. The van der Waals surface area contributed by atoms with Crippen molar-refractivity contribution in [2.75, 3.05) is 13.2 Å². The number of benzene rings is 2. The molecule has 0 amide bonds. The van der Waals surface area contributed by atoms with Gasteiger partial charge in [-0.25, -0.2) is 0 Å². The van der Waals surface area contributed by atoms with Crippen LogP contribution in [0.4, 0.5) is 0 Å². The van der Waals surface area contributed by atoms with Crippen LogP contribution in [-0.4, -0.2) is 13.2 Å². The molecule has 0 aliphatic carbocycles. The van der Waals surface area contributed by atoms with Crippen molar-refractivity contribution in [3.8, 4) is 11.5 Å². The Bertz CT molecular complexity index is 544. The molecule has 0 aliphatic heterocycles. The number of halogens is 2. The minimum Gasteiger partial charge on any atom is -0.489 e. The molecule has 4 heteroatoms. The molecule has 0 spiro atoms. The molecule has 0 bridgehead atoms. The molecule has 20 heavy (non-hydrogen) atoms. The summed E-state index contributed by atoms with van der Waals surface area (Å²) in [5.74, 6) is 1.67. The van der Waals surface area contributed by atoms with Crippen LogP contribution in [-0.2, 0) is 0 Å². The predicted molar refractivity (Wildman–Crippen MR) is 88.7 cm³/mol. The molecule has 2 nitrogen and oxygen atoms in total. The van der Waals surface area contributed by atoms with Crippen molar-refractivity contribution in [2.45, 2.75) is 13.8 Å². The van der Waals surface area contributed by atoms with Crippen molar-refractivity contribution in [1.82, 2.24) is 0 Å². The first kappa shape index (κ1) is 15.4. The molecule has 0 N–H and O–H groups in total. The Hall–Kier alpha value is -1.000. The number of ether oxygens (including phenoxy) is 2. The molecule has 2 aromatic carbocycles. The van der Waals surface area contributed by atoms with E-state index in [1.54, 1.807) is 0 Å². The average Bonchev–Trinajstić information content (AvgIpc) is 2.39. The van der Waals surface area contributed by atoms with E-state index in [1.165, 1.54) is 11.1 Å². The third-order valence-corrected chi connectivity index (χ3v) is 4.01. The molecular formula is C16H16Br2O2. The summed E-state index contributed by atoms with van der Waals surface area (Å²) >= 11 is 6.98. The van der Waals surface area contributed by atoms with Crippen molar-refractivity contribution >= 4 is 31.9 Å². The highest BCUT2D eigenvalue weighted by molar-refractivity contribution is 9.10. The lowest BCUT2D eigenvalue weighted by atomic mass is 10.2. The zero-order valence-corrected chi connectivity index (χ0v) is 14.6. The van der Waals surface area contributed by atoms with E-state index < -0.39 is 0 Å². The van der Waals surface area contributed by atoms with Gasteiger partial charge in [-0.1, -0.05) is 12.1 Å². The molecule has 0 fully saturated rings. The number of aryl methyl sites for hydroxylation is 2. The summed E-state index contributed by atoms with van der Waals surface area (Å²) in [5.41, 5.74) is 2.40. The highest BCUT2D eigenvalue weighted by Crippen LogP contribution is 2.27. The van der Waals surface area contributed by atoms with Gasteiger partial charge in [-0.05, 0) is 81.1 Å². The zero-order chi connectivity index (χ0) is 14.5. The van der Waals surface area contributed by atoms with Crippen molar-refractivity contribution in [2.24, 2.45) is 0 Å². The average molecular weight is 400 g/mol. The first-order valence-corrected chi connectivity index (χ1v) is 7.93. The second-order valence-electron chi connectivity index (χ2n) is 4.56. The Morgan fingerprint density at radius 1 is 0.750 bits per heavy atom. The molecule has 0 heterocycles. The Labute approximate surface area is 136 Å². The van der Waals surface area contributed by atoms with Gasteiger partial charge in [0.15, 0.2) is 0 Å². The van der Waals surface area contributed by atoms with Crippen LogP contribution in [0.25, 0.3) is 0 Å². The summed E-state index contributed by atoms with van der Waals surface area (Å²) < 4.78 is 13.3. The Morgan fingerprint density at radius 3 is 1.50 bits per heavy atom. The van der Waals surface area contributed by atoms with Gasteiger partial charge in [-0.2, -0.15) is 0 Å². The normalized spacial score (nSPS) is 10.4. The van der Waals surface area contributed by atoms with Crippen LogP contribution in [0.15, 0.2) is 45.3 Å². The quantitative estimate of drug-likeness (QED) is 0.636. The fraction of sp³-hybridized carbons (Fsp3) is 0.250. The smallest absolute Gasteiger partial charge is 0.133 e. The summed E-state index contributed by atoms with van der Waals surface area (Å²) in [6.45, 7) is 5.10. The Morgan fingerprint density at radius 2 is 1.15 bits per heavy atom. The standard InChI is InChI=1S/C16H16Br2O2/c1-11-3-5-15(13(17)9-11)19-7-8-20-16-6-4-12(2)10-14(16)18/h3-6,9-10H,7-8H2,1-2H3. The summed E-state index contributed by atoms with van der Waals surface area (Å²) in [4.78, 5) is 0. The molecular weight excluding hydrogens is 384 g/mol. The second kappa shape index (κ2) is 7.14. The van der Waals surface area contributed by atoms with Crippen LogP contribution in [0.1, 0.15) is 11.1 Å². The third kappa shape index (κ3) is 4.25. The molecule has 0 saturated heterocycles. The van der Waals surface area contributed by atoms with E-state index in [9.17, 15) is 0 Å². The zero-order valence-electron chi connectivity index (χ0n) is 11.5. The van der Waals surface area contributed by atoms with E-state index in [0.29, 0.717) is 13.2 Å². The molecule has 2 aromatic rings. The van der Waals surface area contributed by atoms with Crippen LogP contribution in [0.3, 0.4) is 0 Å². The van der Waals surface area contributed by atoms with E-state index in [1.807, 2.05) is 50.2 Å². The lowest BCUT2D eigenvalue weighted by molar-refractivity contribution is 0.215. The maximum atomic E-state index is 5.69. The van der Waals surface area contributed by atoms with E-state index in [-0.39, 0.29) is 0 Å². The lowest BCUT2D eigenvalue weighted by Crippen LogP contribution is -2.09. The van der Waals surface area contributed by atoms with Gasteiger partial charge in [-0.15, -0.1) is 0 Å². The molecule has 0 atom stereocenters. The van der Waals surface area contributed by atoms with Gasteiger partial charge in [0.25, 0.3) is 0 Å². The minimum absolute atomic E-state index is 0.502. The summed E-state index contributed by atoms with van der Waals surface area (Å²) in [7, 11) is 0. The largest absolute Gasteiger partial charge is 0.489 e. The molecule has 0 aliphatic rings. The summed E-state index contributed by atoms with van der Waals surface area (Å²) in [5, 5.41) is 0. The fourth-order valence-corrected chi connectivity index (χ4v) is 2.96. The molecule has 2 rings (SSSR count). The van der Waals surface area contributed by atoms with Gasteiger partial charge in [0, 0.05) is 0 Å². The first-order chi connectivity index (χ1) is 9.56. The summed E-state index contributed by atoms with van der Waals surface area (Å²) in [6.07, 6.45) is 0. The van der Waals surface area contributed by atoms with Crippen LogP contribution < -0.4 is 9.47 Å². The Balaban J connectivity index is 1.84. The van der Waals surface area contributed by atoms with Gasteiger partial charge in [0.05, 0.1) is 8.95 Å². The maximum absolute atomic E-state index is 5.69. The van der Waals surface area contributed by atoms with Gasteiger partial charge in [0.1, 0.15) is 24.7 Å². The SMILES string of the molecule is Cc1ccc(OCCOc2ccc(C)cc2Br)c(Br)c1. The highest BCUT2D eigenvalue weighted by atomic mass is 79.9. The van der Waals surface area contributed by atoms with Crippen molar-refractivity contribution in [1.29, 1.82) is 0 Å². The van der Waals surface area contributed by atoms with Gasteiger partial charge in [-0.3, -0.25) is 0 Å². The Kier molecular flexibility index (Phi) is 5.49. The van der Waals surface area contributed by atoms with Gasteiger partial charge >= 0.3 is 0 Å². The van der Waals surface area contributed by atoms with E-state index >= 15 is 0 Å². The predicted octanol–water partition coefficient (Wildman–Crippen LogP) is 5.29. The van der Waals surface area contributed by atoms with E-state index in [4.69, 9.17) is 9.47 Å². The van der Waals surface area contributed by atoms with Crippen LogP contribution in [0.5, 0.6) is 11.5 Å². The molecule has 0 radical (unpaired) electrons. The van der Waals surface area contributed by atoms with Crippen LogP contribution in [0.2, 0.25) is 0 Å². The van der Waals surface area contributed by atoms with E-state index in [2.05, 4.69) is 31.9 Å². The number of rotatable bonds is 5. The lowest BCUT2D eigenvalue weighted by Gasteiger charge is -2.11. The maximum Gasteiger partial charge on any atom is 0.133 e.